The van der Waals surface area contributed by atoms with Crippen molar-refractivity contribution in [2.75, 3.05) is 18.5 Å². The zero-order chi connectivity index (χ0) is 20.4. The van der Waals surface area contributed by atoms with Gasteiger partial charge in [0.05, 0.1) is 5.69 Å². The highest BCUT2D eigenvalue weighted by Crippen LogP contribution is 2.33. The van der Waals surface area contributed by atoms with Gasteiger partial charge in [-0.2, -0.15) is 0 Å². The molecule has 0 spiro atoms. The molecule has 28 heavy (non-hydrogen) atoms. The highest BCUT2D eigenvalue weighted by Gasteiger charge is 2.41. The van der Waals surface area contributed by atoms with Crippen molar-refractivity contribution in [2.45, 2.75) is 12.5 Å². The Balaban J connectivity index is 1.83. The molecule has 8 heteroatoms. The number of halogens is 2. The van der Waals surface area contributed by atoms with Crippen molar-refractivity contribution in [3.8, 4) is 0 Å². The van der Waals surface area contributed by atoms with E-state index in [1.54, 1.807) is 11.0 Å². The molecule has 1 fully saturated rings. The number of likely N-dealkylation sites (N-methyl/N-ethyl adjacent to an activating group) is 1. The number of hydrogen-bond donors (Lipinski definition) is 1. The molecule has 0 aliphatic carbocycles. The van der Waals surface area contributed by atoms with E-state index in [1.807, 2.05) is 18.2 Å². The van der Waals surface area contributed by atoms with E-state index in [2.05, 4.69) is 15.9 Å². The first-order valence-electron chi connectivity index (χ1n) is 8.68. The standard InChI is InChI=1S/C20H19BrFN3O3/c1-24(17(18(23)26)12-5-4-6-13(22)11-12)19(27)14-9-10-25(20(14)28)16-8-3-2-7-15(16)21/h2-8,11,14,17H,9-10H2,1H3,(H2,23,26). The normalized spacial score (nSPS) is 17.5. The lowest BCUT2D eigenvalue weighted by Gasteiger charge is -2.28. The summed E-state index contributed by atoms with van der Waals surface area (Å²) >= 11 is 3.41. The number of rotatable bonds is 5. The van der Waals surface area contributed by atoms with Crippen molar-refractivity contribution in [2.24, 2.45) is 11.7 Å². The van der Waals surface area contributed by atoms with Crippen LogP contribution in [-0.2, 0) is 14.4 Å². The van der Waals surface area contributed by atoms with Crippen LogP contribution in [0.4, 0.5) is 10.1 Å². The Morgan fingerprint density at radius 2 is 1.96 bits per heavy atom. The van der Waals surface area contributed by atoms with Gasteiger partial charge in [-0.1, -0.05) is 24.3 Å². The summed E-state index contributed by atoms with van der Waals surface area (Å²) < 4.78 is 14.3. The highest BCUT2D eigenvalue weighted by atomic mass is 79.9. The van der Waals surface area contributed by atoms with Gasteiger partial charge in [-0.05, 0) is 52.2 Å². The molecule has 6 nitrogen and oxygen atoms in total. The second-order valence-corrected chi connectivity index (χ2v) is 7.45. The number of nitrogens with two attached hydrogens (primary N) is 1. The maximum absolute atomic E-state index is 13.6. The van der Waals surface area contributed by atoms with Crippen molar-refractivity contribution in [3.63, 3.8) is 0 Å². The molecule has 2 unspecified atom stereocenters. The van der Waals surface area contributed by atoms with Crippen LogP contribution in [0.5, 0.6) is 0 Å². The Morgan fingerprint density at radius 1 is 1.25 bits per heavy atom. The number of benzene rings is 2. The molecule has 3 rings (SSSR count). The smallest absolute Gasteiger partial charge is 0.244 e. The monoisotopic (exact) mass is 447 g/mol. The number of carbonyl (C=O) groups excluding carboxylic acids is 3. The molecular weight excluding hydrogens is 429 g/mol. The second kappa shape index (κ2) is 8.10. The summed E-state index contributed by atoms with van der Waals surface area (Å²) in [5, 5.41) is 0. The molecule has 3 amide bonds. The largest absolute Gasteiger partial charge is 0.368 e. The van der Waals surface area contributed by atoms with Gasteiger partial charge in [-0.15, -0.1) is 0 Å². The Hall–Kier alpha value is -2.74. The molecule has 1 aliphatic heterocycles. The zero-order valence-corrected chi connectivity index (χ0v) is 16.7. The predicted octanol–water partition coefficient (Wildman–Crippen LogP) is 2.63. The SMILES string of the molecule is CN(C(=O)C1CCN(c2ccccc2Br)C1=O)C(C(N)=O)c1cccc(F)c1. The number of hydrogen-bond acceptors (Lipinski definition) is 3. The summed E-state index contributed by atoms with van der Waals surface area (Å²) in [6, 6.07) is 11.4. The van der Waals surface area contributed by atoms with E-state index >= 15 is 0 Å². The summed E-state index contributed by atoms with van der Waals surface area (Å²) in [5.74, 6) is -3.12. The van der Waals surface area contributed by atoms with Crippen LogP contribution in [0.25, 0.3) is 0 Å². The summed E-state index contributed by atoms with van der Waals surface area (Å²) in [6.45, 7) is 0.382. The molecule has 0 bridgehead atoms. The van der Waals surface area contributed by atoms with E-state index in [1.165, 1.54) is 25.2 Å². The van der Waals surface area contributed by atoms with E-state index < -0.39 is 29.6 Å². The van der Waals surface area contributed by atoms with Crippen LogP contribution in [0, 0.1) is 11.7 Å². The Kier molecular flexibility index (Phi) is 5.79. The molecule has 2 atom stereocenters. The van der Waals surface area contributed by atoms with Crippen molar-refractivity contribution in [1.82, 2.24) is 4.90 Å². The third-order valence-corrected chi connectivity index (χ3v) is 5.49. The average molecular weight is 448 g/mol. The van der Waals surface area contributed by atoms with Crippen LogP contribution in [-0.4, -0.2) is 36.2 Å². The van der Waals surface area contributed by atoms with E-state index in [-0.39, 0.29) is 11.5 Å². The van der Waals surface area contributed by atoms with Crippen molar-refractivity contribution >= 4 is 39.3 Å². The van der Waals surface area contributed by atoms with Crippen LogP contribution in [0.15, 0.2) is 53.0 Å². The molecule has 1 heterocycles. The number of amides is 3. The van der Waals surface area contributed by atoms with Crippen molar-refractivity contribution in [1.29, 1.82) is 0 Å². The zero-order valence-electron chi connectivity index (χ0n) is 15.1. The second-order valence-electron chi connectivity index (χ2n) is 6.59. The third kappa shape index (κ3) is 3.77. The van der Waals surface area contributed by atoms with E-state index in [0.29, 0.717) is 18.7 Å². The fraction of sp³-hybridized carbons (Fsp3) is 0.250. The van der Waals surface area contributed by atoms with Crippen LogP contribution in [0.3, 0.4) is 0 Å². The van der Waals surface area contributed by atoms with Gasteiger partial charge in [0.15, 0.2) is 0 Å². The molecule has 0 saturated carbocycles. The van der Waals surface area contributed by atoms with Crippen LogP contribution in [0.2, 0.25) is 0 Å². The number of carbonyl (C=O) groups is 3. The molecule has 0 radical (unpaired) electrons. The Morgan fingerprint density at radius 3 is 2.61 bits per heavy atom. The van der Waals surface area contributed by atoms with Crippen molar-refractivity contribution < 1.29 is 18.8 Å². The lowest BCUT2D eigenvalue weighted by Crippen LogP contribution is -2.44. The maximum atomic E-state index is 13.6. The first-order valence-corrected chi connectivity index (χ1v) is 9.48. The van der Waals surface area contributed by atoms with Crippen molar-refractivity contribution in [3.05, 3.63) is 64.4 Å². The van der Waals surface area contributed by atoms with Crippen LogP contribution in [0.1, 0.15) is 18.0 Å². The fourth-order valence-electron chi connectivity index (χ4n) is 3.45. The lowest BCUT2D eigenvalue weighted by atomic mass is 10.0. The third-order valence-electron chi connectivity index (χ3n) is 4.82. The Bertz CT molecular complexity index is 936. The first kappa shape index (κ1) is 20.0. The fourth-order valence-corrected chi connectivity index (χ4v) is 3.95. The van der Waals surface area contributed by atoms with Gasteiger partial charge in [0, 0.05) is 18.1 Å². The van der Waals surface area contributed by atoms with Gasteiger partial charge in [0.1, 0.15) is 17.8 Å². The summed E-state index contributed by atoms with van der Waals surface area (Å²) in [7, 11) is 1.40. The molecule has 2 N–H and O–H groups in total. The minimum absolute atomic E-state index is 0.261. The lowest BCUT2D eigenvalue weighted by molar-refractivity contribution is -0.144. The number of anilines is 1. The summed E-state index contributed by atoms with van der Waals surface area (Å²) in [6.07, 6.45) is 0.317. The summed E-state index contributed by atoms with van der Waals surface area (Å²) in [5.41, 5.74) is 6.42. The maximum Gasteiger partial charge on any atom is 0.244 e. The number of primary amides is 1. The van der Waals surface area contributed by atoms with E-state index in [0.717, 1.165) is 15.4 Å². The Labute approximate surface area is 170 Å². The molecule has 0 aromatic heterocycles. The molecule has 2 aromatic carbocycles. The van der Waals surface area contributed by atoms with Gasteiger partial charge >= 0.3 is 0 Å². The topological polar surface area (TPSA) is 83.7 Å². The molecule has 1 aliphatic rings. The van der Waals surface area contributed by atoms with Crippen LogP contribution < -0.4 is 10.6 Å². The number of nitrogens with zero attached hydrogens (tertiary/aromatic N) is 2. The molecule has 1 saturated heterocycles. The summed E-state index contributed by atoms with van der Waals surface area (Å²) in [4.78, 5) is 40.5. The van der Waals surface area contributed by atoms with Crippen LogP contribution >= 0.6 is 15.9 Å². The number of para-hydroxylation sites is 1. The first-order chi connectivity index (χ1) is 13.3. The van der Waals surface area contributed by atoms with Gasteiger partial charge in [0.2, 0.25) is 17.7 Å². The quantitative estimate of drug-likeness (QED) is 0.714. The highest BCUT2D eigenvalue weighted by molar-refractivity contribution is 9.10. The minimum atomic E-state index is -1.16. The van der Waals surface area contributed by atoms with Gasteiger partial charge in [0.25, 0.3) is 0 Å². The van der Waals surface area contributed by atoms with E-state index in [4.69, 9.17) is 5.73 Å². The molecule has 146 valence electrons. The molecule has 2 aromatic rings. The van der Waals surface area contributed by atoms with Gasteiger partial charge in [-0.3, -0.25) is 14.4 Å². The minimum Gasteiger partial charge on any atom is -0.368 e. The van der Waals surface area contributed by atoms with E-state index in [9.17, 15) is 18.8 Å². The van der Waals surface area contributed by atoms with Gasteiger partial charge < -0.3 is 15.5 Å². The molecular formula is C20H19BrFN3O3. The predicted molar refractivity (Wildman–Crippen MR) is 106 cm³/mol. The van der Waals surface area contributed by atoms with Gasteiger partial charge in [-0.25, -0.2) is 4.39 Å². The average Bonchev–Trinajstić information content (AvgIpc) is 3.02.